The van der Waals surface area contributed by atoms with Crippen LogP contribution in [0.1, 0.15) is 57.9 Å². The van der Waals surface area contributed by atoms with Gasteiger partial charge in [0.15, 0.2) is 0 Å². The Hall–Kier alpha value is -3.06. The summed E-state index contributed by atoms with van der Waals surface area (Å²) in [6.07, 6.45) is 4.70. The van der Waals surface area contributed by atoms with E-state index in [1.54, 1.807) is 0 Å². The number of aromatic nitrogens is 1. The summed E-state index contributed by atoms with van der Waals surface area (Å²) in [6.45, 7) is 0. The van der Waals surface area contributed by atoms with Crippen molar-refractivity contribution in [2.45, 2.75) is 43.0 Å². The normalized spacial score (nSPS) is 14.5. The molecule has 2 aromatic rings. The number of nitrogen functional groups attached to an aromatic ring is 1. The third kappa shape index (κ3) is 3.53. The first-order chi connectivity index (χ1) is 14.1. The number of thioether (sulfide) groups is 1. The van der Waals surface area contributed by atoms with Gasteiger partial charge in [0.05, 0.1) is 22.4 Å². The predicted octanol–water partition coefficient (Wildman–Crippen LogP) is 3.44. The maximum atomic E-state index is 12.5. The molecule has 2 aromatic heterocycles. The van der Waals surface area contributed by atoms with Crippen molar-refractivity contribution >= 4 is 39.8 Å². The molecule has 2 heterocycles. The van der Waals surface area contributed by atoms with Crippen molar-refractivity contribution in [3.05, 3.63) is 32.7 Å². The van der Waals surface area contributed by atoms with E-state index in [1.807, 2.05) is 0 Å². The molecule has 29 heavy (non-hydrogen) atoms. The Balaban J connectivity index is 1.53. The number of anilines is 2. The first kappa shape index (κ1) is 19.3. The minimum absolute atomic E-state index is 0.0323. The highest BCUT2D eigenvalue weighted by Gasteiger charge is 2.32. The number of hydrogen-bond acceptors (Lipinski definition) is 8. The average molecular weight is 421 g/mol. The van der Waals surface area contributed by atoms with Gasteiger partial charge < -0.3 is 11.1 Å². The van der Waals surface area contributed by atoms with Crippen molar-refractivity contribution in [3.63, 3.8) is 0 Å². The number of carbonyl (C=O) groups excluding carboxylic acids is 1. The molecule has 0 radical (unpaired) electrons. The number of fused-ring (bicyclic) bond motifs is 1. The van der Waals surface area contributed by atoms with Crippen molar-refractivity contribution in [1.82, 2.24) is 4.98 Å². The van der Waals surface area contributed by atoms with Crippen molar-refractivity contribution < 1.29 is 4.79 Å². The summed E-state index contributed by atoms with van der Waals surface area (Å²) in [5.41, 5.74) is 8.83. The number of nitrogens with two attached hydrogens (primary N) is 1. The highest BCUT2D eigenvalue weighted by molar-refractivity contribution is 8.00. The molecule has 7 nitrogen and oxygen atoms in total. The largest absolute Gasteiger partial charge is 0.383 e. The summed E-state index contributed by atoms with van der Waals surface area (Å²) in [6, 6.07) is 6.41. The van der Waals surface area contributed by atoms with Gasteiger partial charge in [0.25, 0.3) is 0 Å². The van der Waals surface area contributed by atoms with Crippen LogP contribution >= 0.6 is 23.1 Å². The number of nitrogens with one attached hydrogen (secondary N) is 1. The molecule has 1 fully saturated rings. The fourth-order valence-corrected chi connectivity index (χ4v) is 5.68. The van der Waals surface area contributed by atoms with E-state index in [4.69, 9.17) is 5.73 Å². The number of thiophene rings is 1. The van der Waals surface area contributed by atoms with Gasteiger partial charge in [-0.1, -0.05) is 11.8 Å². The summed E-state index contributed by atoms with van der Waals surface area (Å²) in [7, 11) is 0. The van der Waals surface area contributed by atoms with Gasteiger partial charge in [-0.25, -0.2) is 4.98 Å². The van der Waals surface area contributed by atoms with E-state index >= 15 is 0 Å². The van der Waals surface area contributed by atoms with Crippen LogP contribution in [0.3, 0.4) is 0 Å². The third-order valence-electron chi connectivity index (χ3n) is 5.07. The van der Waals surface area contributed by atoms with E-state index in [0.29, 0.717) is 26.7 Å². The summed E-state index contributed by atoms with van der Waals surface area (Å²) in [5.74, 6) is 0.0140. The van der Waals surface area contributed by atoms with Crippen LogP contribution in [0.25, 0.3) is 0 Å². The molecule has 0 spiro atoms. The second-order valence-corrected chi connectivity index (χ2v) is 9.04. The summed E-state index contributed by atoms with van der Waals surface area (Å²) >= 11 is 2.59. The Kier molecular flexibility index (Phi) is 5.15. The zero-order chi connectivity index (χ0) is 20.5. The Bertz CT molecular complexity index is 1140. The zero-order valence-corrected chi connectivity index (χ0v) is 17.0. The van der Waals surface area contributed by atoms with Crippen LogP contribution in [-0.4, -0.2) is 16.6 Å². The van der Waals surface area contributed by atoms with E-state index in [0.717, 1.165) is 49.4 Å². The minimum Gasteiger partial charge on any atom is -0.383 e. The third-order valence-corrected chi connectivity index (χ3v) is 7.25. The predicted molar refractivity (Wildman–Crippen MR) is 110 cm³/mol. The monoisotopic (exact) mass is 420 g/mol. The lowest BCUT2D eigenvalue weighted by atomic mass is 10.0. The number of nitrogens with zero attached hydrogens (tertiary/aromatic N) is 4. The topological polar surface area (TPSA) is 139 Å². The minimum atomic E-state index is -0.270. The van der Waals surface area contributed by atoms with E-state index in [1.165, 1.54) is 16.2 Å². The molecule has 0 aromatic carbocycles. The Morgan fingerprint density at radius 1 is 1.17 bits per heavy atom. The van der Waals surface area contributed by atoms with E-state index in [2.05, 4.69) is 28.5 Å². The maximum Gasteiger partial charge on any atom is 0.235 e. The summed E-state index contributed by atoms with van der Waals surface area (Å²) < 4.78 is 0. The fraction of sp³-hybridized carbons (Fsp3) is 0.350. The number of hydrogen-bond donors (Lipinski definition) is 2. The highest BCUT2D eigenvalue weighted by Crippen LogP contribution is 2.46. The Morgan fingerprint density at radius 3 is 2.55 bits per heavy atom. The number of carbonyl (C=O) groups is 1. The Morgan fingerprint density at radius 2 is 1.90 bits per heavy atom. The van der Waals surface area contributed by atoms with Gasteiger partial charge in [-0.15, -0.1) is 11.3 Å². The van der Waals surface area contributed by atoms with Gasteiger partial charge in [-0.2, -0.15) is 15.8 Å². The van der Waals surface area contributed by atoms with Crippen LogP contribution in [0.4, 0.5) is 10.8 Å². The zero-order valence-electron chi connectivity index (χ0n) is 15.4. The molecular formula is C20H16N6OS2. The quantitative estimate of drug-likeness (QED) is 0.706. The second-order valence-electron chi connectivity index (χ2n) is 6.97. The fourth-order valence-electron chi connectivity index (χ4n) is 3.62. The lowest BCUT2D eigenvalue weighted by molar-refractivity contribution is -0.113. The first-order valence-electron chi connectivity index (χ1n) is 9.18. The molecular weight excluding hydrogens is 404 g/mol. The highest BCUT2D eigenvalue weighted by atomic mass is 32.2. The molecule has 3 N–H and O–H groups in total. The van der Waals surface area contributed by atoms with Gasteiger partial charge in [0.1, 0.15) is 34.1 Å². The lowest BCUT2D eigenvalue weighted by Gasteiger charge is -2.12. The first-order valence-corrected chi connectivity index (χ1v) is 11.0. The van der Waals surface area contributed by atoms with Crippen LogP contribution < -0.4 is 11.1 Å². The van der Waals surface area contributed by atoms with Crippen LogP contribution in [0.5, 0.6) is 0 Å². The molecule has 0 atom stereocenters. The molecule has 0 aliphatic heterocycles. The number of nitriles is 3. The SMILES string of the molecule is N#Cc1c(NC(=O)CSc2nc(N)c(C#N)c(C3CC3)c2C#N)sc2c1CCC2. The maximum absolute atomic E-state index is 12.5. The van der Waals surface area contributed by atoms with Crippen molar-refractivity contribution in [2.75, 3.05) is 16.8 Å². The van der Waals surface area contributed by atoms with Gasteiger partial charge in [-0.3, -0.25) is 4.79 Å². The van der Waals surface area contributed by atoms with Gasteiger partial charge in [0, 0.05) is 4.88 Å². The van der Waals surface area contributed by atoms with E-state index in [-0.39, 0.29) is 29.0 Å². The number of pyridine rings is 1. The number of aryl methyl sites for hydroxylation is 1. The lowest BCUT2D eigenvalue weighted by Crippen LogP contribution is -2.15. The van der Waals surface area contributed by atoms with Crippen molar-refractivity contribution in [3.8, 4) is 18.2 Å². The standard InChI is InChI=1S/C20H16N6OS2/c21-6-12-11-2-1-3-15(11)29-20(12)25-16(27)9-28-19-14(8-23)17(10-4-5-10)13(7-22)18(24)26-19/h10H,1-5,9H2,(H2,24,26)(H,25,27). The van der Waals surface area contributed by atoms with Crippen molar-refractivity contribution in [1.29, 1.82) is 15.8 Å². The molecule has 1 saturated carbocycles. The Labute approximate surface area is 176 Å². The molecule has 4 rings (SSSR count). The summed E-state index contributed by atoms with van der Waals surface area (Å²) in [4.78, 5) is 17.9. The molecule has 2 aliphatic carbocycles. The van der Waals surface area contributed by atoms with Gasteiger partial charge in [0.2, 0.25) is 5.91 Å². The molecule has 2 aliphatic rings. The molecule has 0 bridgehead atoms. The summed E-state index contributed by atoms with van der Waals surface area (Å²) in [5, 5.41) is 32.3. The van der Waals surface area contributed by atoms with Crippen LogP contribution in [0.2, 0.25) is 0 Å². The number of amides is 1. The van der Waals surface area contributed by atoms with Gasteiger partial charge in [-0.05, 0) is 49.1 Å². The number of rotatable bonds is 5. The molecule has 0 saturated heterocycles. The molecule has 1 amide bonds. The second kappa shape index (κ2) is 7.75. The smallest absolute Gasteiger partial charge is 0.235 e. The van der Waals surface area contributed by atoms with E-state index in [9.17, 15) is 20.6 Å². The van der Waals surface area contributed by atoms with Gasteiger partial charge >= 0.3 is 0 Å². The van der Waals surface area contributed by atoms with E-state index < -0.39 is 0 Å². The van der Waals surface area contributed by atoms with Crippen LogP contribution in [0.15, 0.2) is 5.03 Å². The molecule has 9 heteroatoms. The van der Waals surface area contributed by atoms with Crippen LogP contribution in [0, 0.1) is 34.0 Å². The van der Waals surface area contributed by atoms with Crippen LogP contribution in [-0.2, 0) is 17.6 Å². The average Bonchev–Trinajstić information content (AvgIpc) is 3.36. The molecule has 144 valence electrons. The molecule has 0 unspecified atom stereocenters. The van der Waals surface area contributed by atoms with Crippen molar-refractivity contribution in [2.24, 2.45) is 0 Å².